The number of alkyl carbamates (subject to hydrolysis) is 1. The SMILES string of the molecule is CCCCC(=O)N1CCC(NC(=O)CCNC(=O)OC(C)(C)C)CC1. The van der Waals surface area contributed by atoms with Gasteiger partial charge in [0, 0.05) is 38.5 Å². The molecule has 2 N–H and O–H groups in total. The highest BCUT2D eigenvalue weighted by Gasteiger charge is 2.23. The van der Waals surface area contributed by atoms with Gasteiger partial charge in [-0.15, -0.1) is 0 Å². The molecule has 0 aromatic carbocycles. The third-order valence-electron chi connectivity index (χ3n) is 3.98. The minimum atomic E-state index is -0.547. The fourth-order valence-electron chi connectivity index (χ4n) is 2.65. The lowest BCUT2D eigenvalue weighted by Crippen LogP contribution is -2.47. The second kappa shape index (κ2) is 10.3. The zero-order chi connectivity index (χ0) is 18.9. The van der Waals surface area contributed by atoms with Crippen molar-refractivity contribution in [2.75, 3.05) is 19.6 Å². The van der Waals surface area contributed by atoms with Crippen molar-refractivity contribution in [3.63, 3.8) is 0 Å². The number of nitrogens with zero attached hydrogens (tertiary/aromatic N) is 1. The molecule has 0 aliphatic carbocycles. The van der Waals surface area contributed by atoms with Crippen molar-refractivity contribution in [3.8, 4) is 0 Å². The van der Waals surface area contributed by atoms with Crippen LogP contribution in [0.5, 0.6) is 0 Å². The monoisotopic (exact) mass is 355 g/mol. The van der Waals surface area contributed by atoms with Gasteiger partial charge < -0.3 is 20.3 Å². The predicted molar refractivity (Wildman–Crippen MR) is 96.1 cm³/mol. The van der Waals surface area contributed by atoms with Crippen LogP contribution < -0.4 is 10.6 Å². The van der Waals surface area contributed by atoms with Crippen LogP contribution in [0.2, 0.25) is 0 Å². The fourth-order valence-corrected chi connectivity index (χ4v) is 2.65. The first-order chi connectivity index (χ1) is 11.7. The van der Waals surface area contributed by atoms with Crippen LogP contribution in [0.4, 0.5) is 4.79 Å². The van der Waals surface area contributed by atoms with Crippen LogP contribution in [0, 0.1) is 0 Å². The Morgan fingerprint density at radius 2 is 1.76 bits per heavy atom. The van der Waals surface area contributed by atoms with Crippen molar-refractivity contribution < 1.29 is 19.1 Å². The minimum Gasteiger partial charge on any atom is -0.444 e. The summed E-state index contributed by atoms with van der Waals surface area (Å²) in [4.78, 5) is 37.3. The molecule has 0 aromatic heterocycles. The zero-order valence-corrected chi connectivity index (χ0v) is 16.0. The van der Waals surface area contributed by atoms with Gasteiger partial charge in [0.2, 0.25) is 11.8 Å². The molecule has 144 valence electrons. The quantitative estimate of drug-likeness (QED) is 0.733. The molecule has 0 bridgehead atoms. The Balaban J connectivity index is 2.18. The molecule has 0 atom stereocenters. The van der Waals surface area contributed by atoms with E-state index in [1.165, 1.54) is 0 Å². The van der Waals surface area contributed by atoms with Crippen molar-refractivity contribution in [3.05, 3.63) is 0 Å². The Bertz CT molecular complexity index is 452. The van der Waals surface area contributed by atoms with Gasteiger partial charge in [-0.25, -0.2) is 4.79 Å². The first-order valence-corrected chi connectivity index (χ1v) is 9.25. The van der Waals surface area contributed by atoms with Crippen LogP contribution in [0.3, 0.4) is 0 Å². The maximum absolute atomic E-state index is 12.0. The number of carbonyl (C=O) groups is 3. The molecule has 3 amide bonds. The van der Waals surface area contributed by atoms with Crippen LogP contribution >= 0.6 is 0 Å². The van der Waals surface area contributed by atoms with Gasteiger partial charge >= 0.3 is 6.09 Å². The van der Waals surface area contributed by atoms with E-state index in [0.29, 0.717) is 19.5 Å². The molecule has 1 fully saturated rings. The molecule has 1 aliphatic rings. The molecule has 0 spiro atoms. The second-order valence-corrected chi connectivity index (χ2v) is 7.50. The lowest BCUT2D eigenvalue weighted by molar-refractivity contribution is -0.132. The van der Waals surface area contributed by atoms with E-state index in [0.717, 1.165) is 25.7 Å². The van der Waals surface area contributed by atoms with E-state index in [1.807, 2.05) is 4.90 Å². The summed E-state index contributed by atoms with van der Waals surface area (Å²) in [6.45, 7) is 9.09. The maximum atomic E-state index is 12.0. The molecule has 1 saturated heterocycles. The van der Waals surface area contributed by atoms with Gasteiger partial charge in [0.15, 0.2) is 0 Å². The Morgan fingerprint density at radius 3 is 2.32 bits per heavy atom. The number of likely N-dealkylation sites (tertiary alicyclic amines) is 1. The van der Waals surface area contributed by atoms with Gasteiger partial charge in [0.05, 0.1) is 0 Å². The standard InChI is InChI=1S/C18H33N3O4/c1-5-6-7-16(23)21-12-9-14(10-13-21)20-15(22)8-11-19-17(24)25-18(2,3)4/h14H,5-13H2,1-4H3,(H,19,24)(H,20,22). The normalized spacial score (nSPS) is 15.6. The summed E-state index contributed by atoms with van der Waals surface area (Å²) in [5.74, 6) is 0.125. The number of amides is 3. The van der Waals surface area contributed by atoms with E-state index in [9.17, 15) is 14.4 Å². The number of hydrogen-bond acceptors (Lipinski definition) is 4. The number of piperidine rings is 1. The molecule has 7 heteroatoms. The van der Waals surface area contributed by atoms with Crippen molar-refractivity contribution in [2.45, 2.75) is 77.9 Å². The first kappa shape index (κ1) is 21.3. The van der Waals surface area contributed by atoms with E-state index in [2.05, 4.69) is 17.6 Å². The van der Waals surface area contributed by atoms with E-state index in [1.54, 1.807) is 20.8 Å². The van der Waals surface area contributed by atoms with Gasteiger partial charge in [-0.1, -0.05) is 13.3 Å². The molecular formula is C18H33N3O4. The van der Waals surface area contributed by atoms with E-state index in [-0.39, 0.29) is 30.8 Å². The van der Waals surface area contributed by atoms with Crippen LogP contribution in [0.15, 0.2) is 0 Å². The molecule has 0 unspecified atom stereocenters. The topological polar surface area (TPSA) is 87.7 Å². The zero-order valence-electron chi connectivity index (χ0n) is 16.0. The maximum Gasteiger partial charge on any atom is 0.407 e. The van der Waals surface area contributed by atoms with Gasteiger partial charge in [0.1, 0.15) is 5.60 Å². The number of rotatable bonds is 7. The summed E-state index contributed by atoms with van der Waals surface area (Å²) >= 11 is 0. The summed E-state index contributed by atoms with van der Waals surface area (Å²) in [5.41, 5.74) is -0.547. The van der Waals surface area contributed by atoms with Gasteiger partial charge in [-0.3, -0.25) is 9.59 Å². The van der Waals surface area contributed by atoms with Crippen LogP contribution in [0.25, 0.3) is 0 Å². The molecular weight excluding hydrogens is 322 g/mol. The summed E-state index contributed by atoms with van der Waals surface area (Å²) < 4.78 is 5.11. The number of unbranched alkanes of at least 4 members (excludes halogenated alkanes) is 1. The lowest BCUT2D eigenvalue weighted by atomic mass is 10.0. The smallest absolute Gasteiger partial charge is 0.407 e. The van der Waals surface area contributed by atoms with Crippen LogP contribution in [-0.2, 0) is 14.3 Å². The van der Waals surface area contributed by atoms with Gasteiger partial charge in [-0.05, 0) is 40.0 Å². The molecule has 25 heavy (non-hydrogen) atoms. The summed E-state index contributed by atoms with van der Waals surface area (Å²) in [6.07, 6.45) is 3.83. The van der Waals surface area contributed by atoms with E-state index in [4.69, 9.17) is 4.74 Å². The molecule has 1 rings (SSSR count). The third kappa shape index (κ3) is 9.31. The van der Waals surface area contributed by atoms with Crippen molar-refractivity contribution in [2.24, 2.45) is 0 Å². The van der Waals surface area contributed by atoms with Crippen molar-refractivity contribution in [1.29, 1.82) is 0 Å². The highest BCUT2D eigenvalue weighted by molar-refractivity contribution is 5.78. The molecule has 7 nitrogen and oxygen atoms in total. The van der Waals surface area contributed by atoms with E-state index >= 15 is 0 Å². The average molecular weight is 355 g/mol. The van der Waals surface area contributed by atoms with Crippen molar-refractivity contribution in [1.82, 2.24) is 15.5 Å². The highest BCUT2D eigenvalue weighted by Crippen LogP contribution is 2.13. The largest absolute Gasteiger partial charge is 0.444 e. The molecule has 0 saturated carbocycles. The molecule has 1 heterocycles. The van der Waals surface area contributed by atoms with Crippen molar-refractivity contribution >= 4 is 17.9 Å². The third-order valence-corrected chi connectivity index (χ3v) is 3.98. The Labute approximate surface area is 150 Å². The van der Waals surface area contributed by atoms with E-state index < -0.39 is 11.7 Å². The number of nitrogens with one attached hydrogen (secondary N) is 2. The predicted octanol–water partition coefficient (Wildman–Crippen LogP) is 2.20. The average Bonchev–Trinajstić information content (AvgIpc) is 2.51. The van der Waals surface area contributed by atoms with Gasteiger partial charge in [-0.2, -0.15) is 0 Å². The first-order valence-electron chi connectivity index (χ1n) is 9.25. The summed E-state index contributed by atoms with van der Waals surface area (Å²) in [5, 5.41) is 5.55. The summed E-state index contributed by atoms with van der Waals surface area (Å²) in [6, 6.07) is 0.101. The lowest BCUT2D eigenvalue weighted by Gasteiger charge is -2.32. The number of ether oxygens (including phenoxy) is 1. The van der Waals surface area contributed by atoms with Gasteiger partial charge in [0.25, 0.3) is 0 Å². The number of hydrogen-bond donors (Lipinski definition) is 2. The second-order valence-electron chi connectivity index (χ2n) is 7.50. The van der Waals surface area contributed by atoms with Crippen LogP contribution in [-0.4, -0.2) is 54.1 Å². The fraction of sp³-hybridized carbons (Fsp3) is 0.833. The molecule has 0 radical (unpaired) electrons. The Kier molecular flexibility index (Phi) is 8.72. The van der Waals surface area contributed by atoms with Crippen LogP contribution in [0.1, 0.15) is 66.2 Å². The Hall–Kier alpha value is -1.79. The molecule has 0 aromatic rings. The highest BCUT2D eigenvalue weighted by atomic mass is 16.6. The number of carbonyl (C=O) groups excluding carboxylic acids is 3. The minimum absolute atomic E-state index is 0.0909. The molecule has 1 aliphatic heterocycles. The summed E-state index contributed by atoms with van der Waals surface area (Å²) in [7, 11) is 0. The Morgan fingerprint density at radius 1 is 1.12 bits per heavy atom.